The summed E-state index contributed by atoms with van der Waals surface area (Å²) in [5.41, 5.74) is 0. The van der Waals surface area contributed by atoms with E-state index in [0.29, 0.717) is 23.9 Å². The van der Waals surface area contributed by atoms with E-state index in [4.69, 9.17) is 4.74 Å². The van der Waals surface area contributed by atoms with Crippen LogP contribution in [-0.2, 0) is 4.74 Å². The molecule has 2 saturated heterocycles. The maximum Gasteiger partial charge on any atom is 0.193 e. The molecule has 28 heavy (non-hydrogen) atoms. The summed E-state index contributed by atoms with van der Waals surface area (Å²) in [4.78, 5) is 13.8. The second-order valence-electron chi connectivity index (χ2n) is 8.18. The molecule has 160 valence electrons. The molecule has 0 amide bonds. The molecule has 0 aliphatic carbocycles. The van der Waals surface area contributed by atoms with Gasteiger partial charge in [0.05, 0.1) is 25.6 Å². The average molecular weight is 504 g/mol. The predicted molar refractivity (Wildman–Crippen MR) is 124 cm³/mol. The number of nitrogens with zero attached hydrogens (tertiary/aromatic N) is 5. The molecule has 0 radical (unpaired) electrons. The number of aliphatic imine (C=N–C) groups is 1. The maximum atomic E-state index is 5.53. The van der Waals surface area contributed by atoms with Crippen molar-refractivity contribution in [3.63, 3.8) is 0 Å². The van der Waals surface area contributed by atoms with Gasteiger partial charge in [-0.2, -0.15) is 0 Å². The first-order valence-corrected chi connectivity index (χ1v) is 10.3. The van der Waals surface area contributed by atoms with Crippen molar-refractivity contribution >= 4 is 29.9 Å². The summed E-state index contributed by atoms with van der Waals surface area (Å²) in [6, 6.07) is 0.943. The van der Waals surface area contributed by atoms with Crippen molar-refractivity contribution in [3.8, 4) is 0 Å². The van der Waals surface area contributed by atoms with Crippen LogP contribution in [0.4, 0.5) is 0 Å². The Morgan fingerprint density at radius 2 is 2.04 bits per heavy atom. The summed E-state index contributed by atoms with van der Waals surface area (Å²) >= 11 is 0. The zero-order chi connectivity index (χ0) is 19.2. The first-order chi connectivity index (χ1) is 13.1. The van der Waals surface area contributed by atoms with Crippen LogP contribution in [0.2, 0.25) is 0 Å². The van der Waals surface area contributed by atoms with Crippen LogP contribution < -0.4 is 5.32 Å². The molecule has 1 aromatic heterocycles. The molecule has 0 aromatic carbocycles. The Bertz CT molecular complexity index is 588. The topological polar surface area (TPSA) is 57.9 Å². The zero-order valence-electron chi connectivity index (χ0n) is 17.8. The molecule has 8 heteroatoms. The number of halogens is 1. The van der Waals surface area contributed by atoms with Gasteiger partial charge in [0, 0.05) is 58.2 Å². The van der Waals surface area contributed by atoms with E-state index in [1.807, 2.05) is 19.6 Å². The third kappa shape index (κ3) is 5.82. The van der Waals surface area contributed by atoms with E-state index in [1.54, 1.807) is 0 Å². The number of likely N-dealkylation sites (tertiary alicyclic amines) is 1. The minimum Gasteiger partial charge on any atom is -0.379 e. The molecule has 0 saturated carbocycles. The van der Waals surface area contributed by atoms with Crippen LogP contribution in [0, 0.1) is 11.8 Å². The molecule has 1 aromatic rings. The highest BCUT2D eigenvalue weighted by atomic mass is 127. The number of aromatic nitrogens is 2. The lowest BCUT2D eigenvalue weighted by Gasteiger charge is -2.41. The molecule has 2 aliphatic rings. The van der Waals surface area contributed by atoms with Gasteiger partial charge in [-0.1, -0.05) is 20.8 Å². The summed E-state index contributed by atoms with van der Waals surface area (Å²) in [6.45, 7) is 13.6. The van der Waals surface area contributed by atoms with Gasteiger partial charge < -0.3 is 19.5 Å². The Hall–Kier alpha value is -0.870. The number of nitrogens with one attached hydrogen (secondary N) is 1. The molecule has 2 fully saturated rings. The van der Waals surface area contributed by atoms with Crippen molar-refractivity contribution < 1.29 is 4.74 Å². The van der Waals surface area contributed by atoms with Gasteiger partial charge in [0.25, 0.3) is 0 Å². The van der Waals surface area contributed by atoms with Gasteiger partial charge >= 0.3 is 0 Å². The Morgan fingerprint density at radius 1 is 1.29 bits per heavy atom. The number of ether oxygens (including phenoxy) is 1. The lowest BCUT2D eigenvalue weighted by Crippen LogP contribution is -2.54. The predicted octanol–water partition coefficient (Wildman–Crippen LogP) is 2.32. The Balaban J connectivity index is 0.00000280. The number of piperidine rings is 1. The SMILES string of the molecule is CN=C(NCC(C(C)C)N1CCOCC1)N1CCC(C)C(n2ccnc2)C1.I. The molecule has 3 atom stereocenters. The van der Waals surface area contributed by atoms with E-state index in [-0.39, 0.29) is 24.0 Å². The number of imidazole rings is 1. The molecule has 7 nitrogen and oxygen atoms in total. The first-order valence-electron chi connectivity index (χ1n) is 10.3. The van der Waals surface area contributed by atoms with Crippen LogP contribution in [0.25, 0.3) is 0 Å². The highest BCUT2D eigenvalue weighted by molar-refractivity contribution is 14.0. The molecule has 2 aliphatic heterocycles. The quantitative estimate of drug-likeness (QED) is 0.379. The second-order valence-corrected chi connectivity index (χ2v) is 8.18. The van der Waals surface area contributed by atoms with E-state index in [9.17, 15) is 0 Å². The van der Waals surface area contributed by atoms with Crippen LogP contribution in [0.5, 0.6) is 0 Å². The van der Waals surface area contributed by atoms with Gasteiger partial charge in [0.2, 0.25) is 0 Å². The Morgan fingerprint density at radius 3 is 2.64 bits per heavy atom. The van der Waals surface area contributed by atoms with Crippen molar-refractivity contribution in [1.29, 1.82) is 0 Å². The van der Waals surface area contributed by atoms with Crippen LogP contribution in [-0.4, -0.2) is 84.3 Å². The van der Waals surface area contributed by atoms with Crippen molar-refractivity contribution in [2.24, 2.45) is 16.8 Å². The van der Waals surface area contributed by atoms with E-state index in [0.717, 1.165) is 51.9 Å². The lowest BCUT2D eigenvalue weighted by atomic mass is 9.93. The molecule has 1 N–H and O–H groups in total. The fourth-order valence-electron chi connectivity index (χ4n) is 4.32. The van der Waals surface area contributed by atoms with Gasteiger partial charge in [-0.05, 0) is 18.3 Å². The average Bonchev–Trinajstić information content (AvgIpc) is 3.21. The summed E-state index contributed by atoms with van der Waals surface area (Å²) in [6.07, 6.45) is 7.05. The number of hydrogen-bond acceptors (Lipinski definition) is 4. The molecule has 3 unspecified atom stereocenters. The highest BCUT2D eigenvalue weighted by Crippen LogP contribution is 2.27. The van der Waals surface area contributed by atoms with E-state index >= 15 is 0 Å². The molecule has 3 heterocycles. The minimum atomic E-state index is 0. The summed E-state index contributed by atoms with van der Waals surface area (Å²) in [7, 11) is 1.89. The molecule has 0 bridgehead atoms. The number of guanidine groups is 1. The Labute approximate surface area is 186 Å². The van der Waals surface area contributed by atoms with E-state index < -0.39 is 0 Å². The minimum absolute atomic E-state index is 0. The van der Waals surface area contributed by atoms with Gasteiger partial charge in [-0.15, -0.1) is 24.0 Å². The first kappa shape index (κ1) is 23.4. The number of rotatable bonds is 5. The van der Waals surface area contributed by atoms with Crippen molar-refractivity contribution in [2.45, 2.75) is 39.3 Å². The normalized spacial score (nSPS) is 25.5. The third-order valence-corrected chi connectivity index (χ3v) is 6.09. The summed E-state index contributed by atoms with van der Waals surface area (Å²) < 4.78 is 7.77. The smallest absolute Gasteiger partial charge is 0.193 e. The Kier molecular flexibility index (Phi) is 9.49. The van der Waals surface area contributed by atoms with Crippen molar-refractivity contribution in [3.05, 3.63) is 18.7 Å². The van der Waals surface area contributed by atoms with Crippen molar-refractivity contribution in [2.75, 3.05) is 53.0 Å². The third-order valence-electron chi connectivity index (χ3n) is 6.09. The molecular formula is C20H37IN6O. The molecule has 0 spiro atoms. The standard InChI is InChI=1S/C20H36N6O.HI/c1-16(2)18(24-9-11-27-12-10-24)13-23-20(21-4)25-7-5-17(3)19(14-25)26-8-6-22-15-26;/h6,8,15-19H,5,7,9-14H2,1-4H3,(H,21,23);1H. The van der Waals surface area contributed by atoms with Crippen LogP contribution >= 0.6 is 24.0 Å². The van der Waals surface area contributed by atoms with Gasteiger partial charge in [0.15, 0.2) is 5.96 Å². The maximum absolute atomic E-state index is 5.53. The van der Waals surface area contributed by atoms with Gasteiger partial charge in [-0.25, -0.2) is 4.98 Å². The summed E-state index contributed by atoms with van der Waals surface area (Å²) in [5.74, 6) is 2.25. The summed E-state index contributed by atoms with van der Waals surface area (Å²) in [5, 5.41) is 3.67. The van der Waals surface area contributed by atoms with Gasteiger partial charge in [-0.3, -0.25) is 9.89 Å². The van der Waals surface area contributed by atoms with Crippen LogP contribution in [0.3, 0.4) is 0 Å². The largest absolute Gasteiger partial charge is 0.379 e. The van der Waals surface area contributed by atoms with Gasteiger partial charge in [0.1, 0.15) is 0 Å². The van der Waals surface area contributed by atoms with E-state index in [2.05, 4.69) is 56.6 Å². The van der Waals surface area contributed by atoms with Crippen molar-refractivity contribution in [1.82, 2.24) is 24.7 Å². The number of morpholine rings is 1. The molecule has 3 rings (SSSR count). The number of hydrogen-bond donors (Lipinski definition) is 1. The van der Waals surface area contributed by atoms with Crippen LogP contribution in [0.1, 0.15) is 33.2 Å². The second kappa shape index (κ2) is 11.3. The van der Waals surface area contributed by atoms with Crippen LogP contribution in [0.15, 0.2) is 23.7 Å². The fraction of sp³-hybridized carbons (Fsp3) is 0.800. The van der Waals surface area contributed by atoms with E-state index in [1.165, 1.54) is 6.42 Å². The zero-order valence-corrected chi connectivity index (χ0v) is 20.1. The lowest BCUT2D eigenvalue weighted by molar-refractivity contribution is 0.00734. The highest BCUT2D eigenvalue weighted by Gasteiger charge is 2.30. The molecular weight excluding hydrogens is 467 g/mol. The fourth-order valence-corrected chi connectivity index (χ4v) is 4.32. The monoisotopic (exact) mass is 504 g/mol.